The molecule has 1 heterocycles. The fraction of sp³-hybridized carbons (Fsp3) is 0.214. The highest BCUT2D eigenvalue weighted by molar-refractivity contribution is 6.00. The van der Waals surface area contributed by atoms with Crippen LogP contribution in [0.1, 0.15) is 33.3 Å². The van der Waals surface area contributed by atoms with Gasteiger partial charge < -0.3 is 9.84 Å². The number of aromatic carboxylic acids is 1. The minimum absolute atomic E-state index is 0.162. The van der Waals surface area contributed by atoms with Crippen LogP contribution in [0, 0.1) is 6.92 Å². The lowest BCUT2D eigenvalue weighted by molar-refractivity contribution is 0.0507. The number of nitrogens with zero attached hydrogens (tertiary/aromatic N) is 2. The molecule has 0 aliphatic rings. The first-order valence-electron chi connectivity index (χ1n) is 6.10. The lowest BCUT2D eigenvalue weighted by atomic mass is 10.2. The average molecular weight is 274 g/mol. The first-order chi connectivity index (χ1) is 9.52. The van der Waals surface area contributed by atoms with Crippen LogP contribution in [0.4, 0.5) is 0 Å². The lowest BCUT2D eigenvalue weighted by Crippen LogP contribution is -2.11. The zero-order valence-electron chi connectivity index (χ0n) is 11.2. The third kappa shape index (κ3) is 2.69. The molecule has 0 saturated heterocycles. The molecule has 0 radical (unpaired) electrons. The van der Waals surface area contributed by atoms with E-state index in [1.807, 2.05) is 19.1 Å². The molecule has 6 nitrogen and oxygen atoms in total. The smallest absolute Gasteiger partial charge is 0.359 e. The summed E-state index contributed by atoms with van der Waals surface area (Å²) in [5, 5.41) is 13.1. The van der Waals surface area contributed by atoms with Crippen LogP contribution in [0.5, 0.6) is 0 Å². The van der Waals surface area contributed by atoms with Gasteiger partial charge >= 0.3 is 11.9 Å². The predicted octanol–water partition coefficient (Wildman–Crippen LogP) is 2.06. The molecule has 1 aromatic carbocycles. The summed E-state index contributed by atoms with van der Waals surface area (Å²) in [6, 6.07) is 7.34. The van der Waals surface area contributed by atoms with E-state index in [2.05, 4.69) is 5.10 Å². The fourth-order valence-corrected chi connectivity index (χ4v) is 1.71. The van der Waals surface area contributed by atoms with Gasteiger partial charge in [-0.1, -0.05) is 17.7 Å². The van der Waals surface area contributed by atoms with E-state index in [1.165, 1.54) is 10.9 Å². The summed E-state index contributed by atoms with van der Waals surface area (Å²) >= 11 is 0. The van der Waals surface area contributed by atoms with Gasteiger partial charge in [-0.05, 0) is 26.0 Å². The molecule has 2 rings (SSSR count). The highest BCUT2D eigenvalue weighted by Gasteiger charge is 2.23. The Kier molecular flexibility index (Phi) is 3.84. The normalized spacial score (nSPS) is 10.3. The Bertz CT molecular complexity index is 644. The van der Waals surface area contributed by atoms with E-state index in [9.17, 15) is 9.59 Å². The molecule has 0 fully saturated rings. The summed E-state index contributed by atoms with van der Waals surface area (Å²) in [4.78, 5) is 22.9. The second-order valence-corrected chi connectivity index (χ2v) is 4.20. The van der Waals surface area contributed by atoms with Gasteiger partial charge in [0.05, 0.1) is 12.3 Å². The van der Waals surface area contributed by atoms with Crippen LogP contribution in [-0.2, 0) is 4.74 Å². The summed E-state index contributed by atoms with van der Waals surface area (Å²) in [6.07, 6.45) is 1.30. The zero-order valence-corrected chi connectivity index (χ0v) is 11.2. The number of rotatable bonds is 4. The SMILES string of the molecule is CCOC(=O)c1nn(-c2ccc(C)cc2)cc1C(=O)O. The van der Waals surface area contributed by atoms with Crippen molar-refractivity contribution in [1.82, 2.24) is 9.78 Å². The van der Waals surface area contributed by atoms with E-state index in [0.29, 0.717) is 5.69 Å². The van der Waals surface area contributed by atoms with Crippen molar-refractivity contribution in [2.45, 2.75) is 13.8 Å². The molecular weight excluding hydrogens is 260 g/mol. The summed E-state index contributed by atoms with van der Waals surface area (Å²) in [7, 11) is 0. The molecule has 0 spiro atoms. The number of carboxylic acid groups (broad SMARTS) is 1. The Balaban J connectivity index is 2.46. The van der Waals surface area contributed by atoms with E-state index in [-0.39, 0.29) is 17.9 Å². The quantitative estimate of drug-likeness (QED) is 0.863. The van der Waals surface area contributed by atoms with Crippen molar-refractivity contribution in [3.05, 3.63) is 47.3 Å². The number of hydrogen-bond donors (Lipinski definition) is 1. The molecule has 0 aliphatic carbocycles. The molecule has 0 aliphatic heterocycles. The largest absolute Gasteiger partial charge is 0.478 e. The monoisotopic (exact) mass is 274 g/mol. The Morgan fingerprint density at radius 3 is 2.50 bits per heavy atom. The zero-order chi connectivity index (χ0) is 14.7. The molecular formula is C14H14N2O4. The molecule has 6 heteroatoms. The summed E-state index contributed by atoms with van der Waals surface area (Å²) in [6.45, 7) is 3.75. The molecule has 0 saturated carbocycles. The van der Waals surface area contributed by atoms with E-state index < -0.39 is 11.9 Å². The van der Waals surface area contributed by atoms with Gasteiger partial charge in [-0.3, -0.25) is 0 Å². The van der Waals surface area contributed by atoms with Crippen molar-refractivity contribution in [3.8, 4) is 5.69 Å². The highest BCUT2D eigenvalue weighted by atomic mass is 16.5. The van der Waals surface area contributed by atoms with Crippen LogP contribution < -0.4 is 0 Å². The van der Waals surface area contributed by atoms with Crippen LogP contribution in [0.15, 0.2) is 30.5 Å². The van der Waals surface area contributed by atoms with Crippen LogP contribution in [0.3, 0.4) is 0 Å². The molecule has 0 atom stereocenters. The standard InChI is InChI=1S/C14H14N2O4/c1-3-20-14(19)12-11(13(17)18)8-16(15-12)10-6-4-9(2)5-7-10/h4-8H,3H2,1-2H3,(H,17,18). The van der Waals surface area contributed by atoms with Gasteiger partial charge in [0.2, 0.25) is 0 Å². The van der Waals surface area contributed by atoms with Gasteiger partial charge in [-0.25, -0.2) is 14.3 Å². The predicted molar refractivity (Wildman–Crippen MR) is 71.2 cm³/mol. The van der Waals surface area contributed by atoms with Gasteiger partial charge in [0, 0.05) is 6.20 Å². The van der Waals surface area contributed by atoms with Gasteiger partial charge in [-0.2, -0.15) is 5.10 Å². The van der Waals surface area contributed by atoms with Crippen molar-refractivity contribution in [2.24, 2.45) is 0 Å². The maximum atomic E-state index is 11.7. The van der Waals surface area contributed by atoms with Crippen molar-refractivity contribution in [3.63, 3.8) is 0 Å². The molecule has 2 aromatic rings. The number of carbonyl (C=O) groups is 2. The molecule has 0 amide bonds. The minimum atomic E-state index is -1.22. The van der Waals surface area contributed by atoms with Crippen LogP contribution in [0.25, 0.3) is 5.69 Å². The van der Waals surface area contributed by atoms with Crippen molar-refractivity contribution in [1.29, 1.82) is 0 Å². The Hall–Kier alpha value is -2.63. The van der Waals surface area contributed by atoms with Crippen LogP contribution >= 0.6 is 0 Å². The van der Waals surface area contributed by atoms with Gasteiger partial charge in [-0.15, -0.1) is 0 Å². The van der Waals surface area contributed by atoms with Crippen molar-refractivity contribution >= 4 is 11.9 Å². The van der Waals surface area contributed by atoms with E-state index in [4.69, 9.17) is 9.84 Å². The Morgan fingerprint density at radius 1 is 1.30 bits per heavy atom. The number of ether oxygens (including phenoxy) is 1. The number of aromatic nitrogens is 2. The number of esters is 1. The topological polar surface area (TPSA) is 81.4 Å². The van der Waals surface area contributed by atoms with Crippen LogP contribution in [-0.4, -0.2) is 33.4 Å². The van der Waals surface area contributed by atoms with E-state index in [0.717, 1.165) is 5.56 Å². The molecule has 1 aromatic heterocycles. The highest BCUT2D eigenvalue weighted by Crippen LogP contribution is 2.14. The molecule has 0 unspecified atom stereocenters. The second-order valence-electron chi connectivity index (χ2n) is 4.20. The Labute approximate surface area is 115 Å². The van der Waals surface area contributed by atoms with Gasteiger partial charge in [0.15, 0.2) is 5.69 Å². The number of benzene rings is 1. The molecule has 104 valence electrons. The fourth-order valence-electron chi connectivity index (χ4n) is 1.71. The van der Waals surface area contributed by atoms with Gasteiger partial charge in [0.1, 0.15) is 5.56 Å². The molecule has 0 bridgehead atoms. The first-order valence-corrected chi connectivity index (χ1v) is 6.10. The van der Waals surface area contributed by atoms with E-state index >= 15 is 0 Å². The van der Waals surface area contributed by atoms with Crippen molar-refractivity contribution < 1.29 is 19.4 Å². The number of hydrogen-bond acceptors (Lipinski definition) is 4. The van der Waals surface area contributed by atoms with Gasteiger partial charge in [0.25, 0.3) is 0 Å². The third-order valence-electron chi connectivity index (χ3n) is 2.71. The maximum absolute atomic E-state index is 11.7. The lowest BCUT2D eigenvalue weighted by Gasteiger charge is -2.01. The minimum Gasteiger partial charge on any atom is -0.478 e. The molecule has 1 N–H and O–H groups in total. The number of carboxylic acids is 1. The first kappa shape index (κ1) is 13.8. The van der Waals surface area contributed by atoms with E-state index in [1.54, 1.807) is 19.1 Å². The summed E-state index contributed by atoms with van der Waals surface area (Å²) in [5.41, 5.74) is 1.38. The second kappa shape index (κ2) is 5.56. The number of aryl methyl sites for hydroxylation is 1. The number of carbonyl (C=O) groups excluding carboxylic acids is 1. The average Bonchev–Trinajstić information content (AvgIpc) is 2.85. The summed E-state index contributed by atoms with van der Waals surface area (Å²) in [5.74, 6) is -1.96. The summed E-state index contributed by atoms with van der Waals surface area (Å²) < 4.78 is 6.17. The third-order valence-corrected chi connectivity index (χ3v) is 2.71. The Morgan fingerprint density at radius 2 is 1.95 bits per heavy atom. The van der Waals surface area contributed by atoms with Crippen LogP contribution in [0.2, 0.25) is 0 Å². The van der Waals surface area contributed by atoms with Crippen molar-refractivity contribution in [2.75, 3.05) is 6.61 Å². The maximum Gasteiger partial charge on any atom is 0.359 e. The molecule has 20 heavy (non-hydrogen) atoms.